The number of nitrogens with zero attached hydrogens (tertiary/aromatic N) is 2. The maximum absolute atomic E-state index is 5.21. The summed E-state index contributed by atoms with van der Waals surface area (Å²) in [7, 11) is 0. The van der Waals surface area contributed by atoms with Gasteiger partial charge in [0.1, 0.15) is 0 Å². The van der Waals surface area contributed by atoms with Gasteiger partial charge in [0, 0.05) is 44.3 Å². The highest BCUT2D eigenvalue weighted by Gasteiger charge is 2.20. The van der Waals surface area contributed by atoms with E-state index in [2.05, 4.69) is 156 Å². The molecule has 0 amide bonds. The maximum atomic E-state index is 5.21. The molecule has 0 aliphatic carbocycles. The molecule has 6 aromatic carbocycles. The van der Waals surface area contributed by atoms with Gasteiger partial charge in [-0.1, -0.05) is 48.5 Å². The number of aromatic nitrogens is 4. The van der Waals surface area contributed by atoms with Crippen molar-refractivity contribution in [1.29, 1.82) is 0 Å². The summed E-state index contributed by atoms with van der Waals surface area (Å²) in [5.41, 5.74) is 12.3. The summed E-state index contributed by atoms with van der Waals surface area (Å²) in [4.78, 5) is 17.7. The Morgan fingerprint density at radius 1 is 0.271 bits per heavy atom. The van der Waals surface area contributed by atoms with Gasteiger partial charge < -0.3 is 9.97 Å². The smallest absolute Gasteiger partial charge is 0.0737 e. The van der Waals surface area contributed by atoms with Gasteiger partial charge in [0.15, 0.2) is 0 Å². The number of hydrogen-bond donors (Lipinski definition) is 2. The Bertz CT molecular complexity index is 2620. The molecule has 9 aromatic rings. The molecule has 4 heteroatoms. The third-order valence-corrected chi connectivity index (χ3v) is 9.90. The highest BCUT2D eigenvalue weighted by atomic mass is 14.8. The molecule has 8 bridgehead atoms. The molecule has 0 saturated carbocycles. The third kappa shape index (κ3) is 3.96. The lowest BCUT2D eigenvalue weighted by Crippen LogP contribution is -1.81. The predicted molar refractivity (Wildman–Crippen MR) is 200 cm³/mol. The summed E-state index contributed by atoms with van der Waals surface area (Å²) in [6.45, 7) is 0. The molecule has 0 atom stereocenters. The second-order valence-corrected chi connectivity index (χ2v) is 13.0. The van der Waals surface area contributed by atoms with Crippen LogP contribution in [0.1, 0.15) is 0 Å². The predicted octanol–water partition coefficient (Wildman–Crippen LogP) is 11.6. The quantitative estimate of drug-likeness (QED) is 0.168. The Hall–Kier alpha value is -6.52. The normalized spacial score (nSPS) is 12.2. The largest absolute Gasteiger partial charge is 0.355 e. The van der Waals surface area contributed by atoms with Crippen LogP contribution in [0.2, 0.25) is 0 Å². The summed E-state index contributed by atoms with van der Waals surface area (Å²) in [5.74, 6) is 0. The number of nitrogens with one attached hydrogen (secondary N) is 2. The van der Waals surface area contributed by atoms with Gasteiger partial charge in [-0.3, -0.25) is 0 Å². The highest BCUT2D eigenvalue weighted by Crippen LogP contribution is 2.42. The fraction of sp³-hybridized carbons (Fsp3) is 0. The minimum atomic E-state index is 0.947. The van der Waals surface area contributed by atoms with Crippen LogP contribution in [0.4, 0.5) is 0 Å². The first kappa shape index (κ1) is 25.6. The molecule has 48 heavy (non-hydrogen) atoms. The van der Waals surface area contributed by atoms with Crippen LogP contribution in [0.25, 0.3) is 110 Å². The van der Waals surface area contributed by atoms with Crippen LogP contribution in [0, 0.1) is 0 Å². The Balaban J connectivity index is 1.17. The number of aromatic amines is 2. The van der Waals surface area contributed by atoms with E-state index in [4.69, 9.17) is 9.97 Å². The van der Waals surface area contributed by atoms with Gasteiger partial charge in [-0.2, -0.15) is 0 Å². The molecular weight excluding hydrogens is 585 g/mol. The molecule has 11 rings (SSSR count). The minimum absolute atomic E-state index is 0.947. The molecule has 0 saturated heterocycles. The van der Waals surface area contributed by atoms with Crippen molar-refractivity contribution in [3.63, 3.8) is 0 Å². The van der Waals surface area contributed by atoms with E-state index in [-0.39, 0.29) is 0 Å². The van der Waals surface area contributed by atoms with Crippen molar-refractivity contribution in [2.75, 3.05) is 0 Å². The summed E-state index contributed by atoms with van der Waals surface area (Å²) in [6.07, 6.45) is 0. The molecule has 2 aliphatic rings. The summed E-state index contributed by atoms with van der Waals surface area (Å²) < 4.78 is 0. The van der Waals surface area contributed by atoms with Crippen LogP contribution >= 0.6 is 0 Å². The van der Waals surface area contributed by atoms with Crippen molar-refractivity contribution in [3.05, 3.63) is 146 Å². The number of benzene rings is 6. The standard InChI is InChI=1S/C44H26N4/c1-2-6-26-14-30-18-38-37(17-29(30)13-25(26)5-1)41-21-33-9-10-35(45-33)23-43-39-19-31-15-27-7-3-4-8-28(27)16-32(31)20-40(39)44(48-43)24-36-12-11-34(46-36)22-42(38)47-41/h1-24,45-46H. The van der Waals surface area contributed by atoms with E-state index in [1.54, 1.807) is 0 Å². The topological polar surface area (TPSA) is 57.4 Å². The monoisotopic (exact) mass is 610 g/mol. The van der Waals surface area contributed by atoms with E-state index in [1.165, 1.54) is 43.1 Å². The molecule has 5 heterocycles. The molecule has 222 valence electrons. The fourth-order valence-corrected chi connectivity index (χ4v) is 7.56. The van der Waals surface area contributed by atoms with Crippen molar-refractivity contribution >= 4 is 65.2 Å². The van der Waals surface area contributed by atoms with E-state index in [0.29, 0.717) is 0 Å². The first-order valence-corrected chi connectivity index (χ1v) is 16.3. The Morgan fingerprint density at radius 3 is 0.812 bits per heavy atom. The molecule has 0 fully saturated rings. The van der Waals surface area contributed by atoms with Crippen molar-refractivity contribution in [2.45, 2.75) is 0 Å². The van der Waals surface area contributed by atoms with E-state index >= 15 is 0 Å². The van der Waals surface area contributed by atoms with Crippen LogP contribution < -0.4 is 0 Å². The van der Waals surface area contributed by atoms with Gasteiger partial charge in [-0.15, -0.1) is 0 Å². The SMILES string of the molecule is c1ccc2cc3cc4c(cc3cc2c1)-c1cc2ccc(cc3nc(cc5ccc(cc-4n1)[nH]5)-c1cc4cc5ccccc5cc4cc1-3)[nH]2. The van der Waals surface area contributed by atoms with Gasteiger partial charge in [-0.05, 0) is 140 Å². The highest BCUT2D eigenvalue weighted by molar-refractivity contribution is 6.05. The Morgan fingerprint density at radius 2 is 0.542 bits per heavy atom. The first-order chi connectivity index (χ1) is 23.7. The molecule has 0 radical (unpaired) electrons. The van der Waals surface area contributed by atoms with Crippen LogP contribution in [-0.4, -0.2) is 19.9 Å². The van der Waals surface area contributed by atoms with Gasteiger partial charge in [-0.25, -0.2) is 9.97 Å². The van der Waals surface area contributed by atoms with Gasteiger partial charge in [0.25, 0.3) is 0 Å². The zero-order chi connectivity index (χ0) is 31.3. The second kappa shape index (κ2) is 9.50. The van der Waals surface area contributed by atoms with Crippen molar-refractivity contribution < 1.29 is 0 Å². The lowest BCUT2D eigenvalue weighted by atomic mass is 9.96. The average Bonchev–Trinajstić information content (AvgIpc) is 3.89. The lowest BCUT2D eigenvalue weighted by Gasteiger charge is -2.06. The van der Waals surface area contributed by atoms with Gasteiger partial charge in [0.2, 0.25) is 0 Å². The van der Waals surface area contributed by atoms with Crippen molar-refractivity contribution in [3.8, 4) is 45.0 Å². The third-order valence-electron chi connectivity index (χ3n) is 9.90. The molecule has 4 nitrogen and oxygen atoms in total. The fourth-order valence-electron chi connectivity index (χ4n) is 7.56. The second-order valence-electron chi connectivity index (χ2n) is 13.0. The molecular formula is C44H26N4. The van der Waals surface area contributed by atoms with Crippen molar-refractivity contribution in [1.82, 2.24) is 19.9 Å². The van der Waals surface area contributed by atoms with Gasteiger partial charge >= 0.3 is 0 Å². The average molecular weight is 611 g/mol. The summed E-state index contributed by atoms with van der Waals surface area (Å²) in [6, 6.07) is 52.5. The van der Waals surface area contributed by atoms with E-state index < -0.39 is 0 Å². The summed E-state index contributed by atoms with van der Waals surface area (Å²) >= 11 is 0. The number of hydrogen-bond acceptors (Lipinski definition) is 2. The van der Waals surface area contributed by atoms with Crippen LogP contribution in [0.3, 0.4) is 0 Å². The van der Waals surface area contributed by atoms with Crippen LogP contribution in [0.15, 0.2) is 146 Å². The zero-order valence-electron chi connectivity index (χ0n) is 25.8. The molecule has 2 N–H and O–H groups in total. The lowest BCUT2D eigenvalue weighted by molar-refractivity contribution is 1.40. The Kier molecular flexibility index (Phi) is 5.08. The maximum Gasteiger partial charge on any atom is 0.0737 e. The minimum Gasteiger partial charge on any atom is -0.355 e. The Labute approximate surface area is 275 Å². The molecule has 0 spiro atoms. The molecule has 3 aromatic heterocycles. The zero-order valence-corrected chi connectivity index (χ0v) is 25.8. The van der Waals surface area contributed by atoms with Crippen LogP contribution in [-0.2, 0) is 0 Å². The number of fused-ring (bicyclic) bond motifs is 18. The van der Waals surface area contributed by atoms with E-state index in [1.807, 2.05) is 0 Å². The number of H-pyrrole nitrogens is 2. The summed E-state index contributed by atoms with van der Waals surface area (Å²) in [5, 5.41) is 9.81. The van der Waals surface area contributed by atoms with Crippen LogP contribution in [0.5, 0.6) is 0 Å². The first-order valence-electron chi connectivity index (χ1n) is 16.3. The number of rotatable bonds is 0. The van der Waals surface area contributed by atoms with Gasteiger partial charge in [0.05, 0.1) is 22.8 Å². The van der Waals surface area contributed by atoms with Crippen molar-refractivity contribution in [2.24, 2.45) is 0 Å². The molecule has 0 unspecified atom stereocenters. The van der Waals surface area contributed by atoms with E-state index in [0.717, 1.165) is 67.1 Å². The molecule has 2 aliphatic heterocycles. The van der Waals surface area contributed by atoms with E-state index in [9.17, 15) is 0 Å².